The summed E-state index contributed by atoms with van der Waals surface area (Å²) in [5.74, 6) is -0.446. The van der Waals surface area contributed by atoms with E-state index in [0.717, 1.165) is 22.2 Å². The van der Waals surface area contributed by atoms with Gasteiger partial charge in [0.15, 0.2) is 0 Å². The number of pyridine rings is 1. The third-order valence-electron chi connectivity index (χ3n) is 3.83. The second-order valence-corrected chi connectivity index (χ2v) is 5.59. The normalized spacial score (nSPS) is 10.7. The van der Waals surface area contributed by atoms with E-state index in [2.05, 4.69) is 10.1 Å². The number of nitrogens with zero attached hydrogens (tertiary/aromatic N) is 3. The van der Waals surface area contributed by atoms with E-state index in [1.165, 1.54) is 0 Å². The molecule has 5 nitrogen and oxygen atoms in total. The number of para-hydroxylation sites is 2. The van der Waals surface area contributed by atoms with Gasteiger partial charge in [-0.2, -0.15) is 5.10 Å². The summed E-state index contributed by atoms with van der Waals surface area (Å²) in [6.45, 7) is 0.153. The van der Waals surface area contributed by atoms with Crippen LogP contribution in [0.3, 0.4) is 0 Å². The van der Waals surface area contributed by atoms with Crippen molar-refractivity contribution in [1.82, 2.24) is 14.8 Å². The SMILES string of the molecule is O=C(OCc1cnn(-c2ccccc2)c1)c1ccc2ccccc2n1. The van der Waals surface area contributed by atoms with Gasteiger partial charge >= 0.3 is 5.97 Å². The summed E-state index contributed by atoms with van der Waals surface area (Å²) in [5, 5.41) is 5.28. The lowest BCUT2D eigenvalue weighted by molar-refractivity contribution is 0.0466. The fourth-order valence-corrected chi connectivity index (χ4v) is 2.56. The summed E-state index contributed by atoms with van der Waals surface area (Å²) in [6, 6.07) is 21.0. The Labute approximate surface area is 144 Å². The lowest BCUT2D eigenvalue weighted by Crippen LogP contribution is -2.07. The predicted octanol–water partition coefficient (Wildman–Crippen LogP) is 3.78. The van der Waals surface area contributed by atoms with Crippen LogP contribution < -0.4 is 0 Å². The van der Waals surface area contributed by atoms with Gasteiger partial charge in [0.05, 0.1) is 17.4 Å². The molecule has 4 rings (SSSR count). The second-order valence-electron chi connectivity index (χ2n) is 5.59. The highest BCUT2D eigenvalue weighted by Gasteiger charge is 2.11. The number of carbonyl (C=O) groups excluding carboxylic acids is 1. The third kappa shape index (κ3) is 3.26. The van der Waals surface area contributed by atoms with Crippen molar-refractivity contribution in [2.24, 2.45) is 0 Å². The van der Waals surface area contributed by atoms with Crippen LogP contribution in [0.5, 0.6) is 0 Å². The van der Waals surface area contributed by atoms with E-state index >= 15 is 0 Å². The zero-order valence-electron chi connectivity index (χ0n) is 13.4. The van der Waals surface area contributed by atoms with Gasteiger partial charge in [-0.25, -0.2) is 14.5 Å². The van der Waals surface area contributed by atoms with Crippen LogP contribution in [0.2, 0.25) is 0 Å². The Morgan fingerprint density at radius 2 is 1.76 bits per heavy atom. The number of esters is 1. The van der Waals surface area contributed by atoms with E-state index in [9.17, 15) is 4.79 Å². The Kier molecular flexibility index (Phi) is 3.96. The molecular formula is C20H15N3O2. The Morgan fingerprint density at radius 3 is 2.64 bits per heavy atom. The average Bonchev–Trinajstić information content (AvgIpc) is 3.15. The molecule has 0 aliphatic heterocycles. The van der Waals surface area contributed by atoms with Gasteiger partial charge in [0.25, 0.3) is 0 Å². The van der Waals surface area contributed by atoms with E-state index in [1.54, 1.807) is 16.9 Å². The van der Waals surface area contributed by atoms with Gasteiger partial charge in [0.2, 0.25) is 0 Å². The maximum Gasteiger partial charge on any atom is 0.357 e. The van der Waals surface area contributed by atoms with Crippen LogP contribution in [0.4, 0.5) is 0 Å². The largest absolute Gasteiger partial charge is 0.456 e. The van der Waals surface area contributed by atoms with E-state index in [-0.39, 0.29) is 6.61 Å². The quantitative estimate of drug-likeness (QED) is 0.535. The maximum absolute atomic E-state index is 12.2. The number of benzene rings is 2. The van der Waals surface area contributed by atoms with Gasteiger partial charge < -0.3 is 4.74 Å². The highest BCUT2D eigenvalue weighted by atomic mass is 16.5. The van der Waals surface area contributed by atoms with Gasteiger partial charge in [0, 0.05) is 17.1 Å². The van der Waals surface area contributed by atoms with Crippen LogP contribution in [0, 0.1) is 0 Å². The van der Waals surface area contributed by atoms with Crippen molar-refractivity contribution in [2.45, 2.75) is 6.61 Å². The smallest absolute Gasteiger partial charge is 0.357 e. The van der Waals surface area contributed by atoms with Crippen molar-refractivity contribution >= 4 is 16.9 Å². The van der Waals surface area contributed by atoms with Gasteiger partial charge in [0.1, 0.15) is 12.3 Å². The molecule has 0 atom stereocenters. The van der Waals surface area contributed by atoms with Gasteiger partial charge in [-0.1, -0.05) is 42.5 Å². The van der Waals surface area contributed by atoms with E-state index < -0.39 is 5.97 Å². The van der Waals surface area contributed by atoms with Crippen LogP contribution >= 0.6 is 0 Å². The molecule has 0 amide bonds. The second kappa shape index (κ2) is 6.57. The Hall–Kier alpha value is -3.47. The first-order valence-electron chi connectivity index (χ1n) is 7.91. The topological polar surface area (TPSA) is 57.0 Å². The first-order chi connectivity index (χ1) is 12.3. The molecule has 122 valence electrons. The van der Waals surface area contributed by atoms with Crippen molar-refractivity contribution in [3.05, 3.63) is 90.4 Å². The van der Waals surface area contributed by atoms with Crippen molar-refractivity contribution < 1.29 is 9.53 Å². The van der Waals surface area contributed by atoms with Crippen molar-refractivity contribution in [3.8, 4) is 5.69 Å². The molecule has 0 spiro atoms. The van der Waals surface area contributed by atoms with Gasteiger partial charge in [-0.15, -0.1) is 0 Å². The molecule has 0 aliphatic rings. The number of ether oxygens (including phenoxy) is 1. The molecule has 25 heavy (non-hydrogen) atoms. The van der Waals surface area contributed by atoms with Crippen LogP contribution in [-0.2, 0) is 11.3 Å². The molecule has 2 heterocycles. The monoisotopic (exact) mass is 329 g/mol. The number of aromatic nitrogens is 3. The molecule has 0 bridgehead atoms. The highest BCUT2D eigenvalue weighted by molar-refractivity contribution is 5.90. The summed E-state index contributed by atoms with van der Waals surface area (Å²) in [6.07, 6.45) is 3.53. The van der Waals surface area contributed by atoms with Crippen LogP contribution in [0.15, 0.2) is 79.1 Å². The van der Waals surface area contributed by atoms with Gasteiger partial charge in [-0.3, -0.25) is 0 Å². The predicted molar refractivity (Wildman–Crippen MR) is 94.4 cm³/mol. The van der Waals surface area contributed by atoms with E-state index in [4.69, 9.17) is 4.74 Å². The van der Waals surface area contributed by atoms with Crippen molar-refractivity contribution in [2.75, 3.05) is 0 Å². The fraction of sp³-hybridized carbons (Fsp3) is 0.0500. The molecule has 2 aromatic heterocycles. The number of rotatable bonds is 4. The standard InChI is InChI=1S/C20H15N3O2/c24-20(19-11-10-16-6-4-5-9-18(16)22-19)25-14-15-12-21-23(13-15)17-7-2-1-3-8-17/h1-13H,14H2. The first-order valence-corrected chi connectivity index (χ1v) is 7.91. The molecule has 0 radical (unpaired) electrons. The summed E-state index contributed by atoms with van der Waals surface area (Å²) in [7, 11) is 0. The summed E-state index contributed by atoms with van der Waals surface area (Å²) in [5.41, 5.74) is 2.84. The number of hydrogen-bond acceptors (Lipinski definition) is 4. The summed E-state index contributed by atoms with van der Waals surface area (Å²) in [4.78, 5) is 16.6. The minimum absolute atomic E-state index is 0.153. The fourth-order valence-electron chi connectivity index (χ4n) is 2.56. The summed E-state index contributed by atoms with van der Waals surface area (Å²) < 4.78 is 7.10. The molecule has 4 aromatic rings. The average molecular weight is 329 g/mol. The number of carbonyl (C=O) groups is 1. The van der Waals surface area contributed by atoms with Crippen LogP contribution in [0.25, 0.3) is 16.6 Å². The van der Waals surface area contributed by atoms with Crippen LogP contribution in [-0.4, -0.2) is 20.7 Å². The molecule has 5 heteroatoms. The minimum atomic E-state index is -0.446. The Morgan fingerprint density at radius 1 is 0.960 bits per heavy atom. The van der Waals surface area contributed by atoms with Crippen molar-refractivity contribution in [1.29, 1.82) is 0 Å². The molecule has 0 fully saturated rings. The Bertz CT molecular complexity index is 1030. The van der Waals surface area contributed by atoms with E-state index in [1.807, 2.05) is 66.9 Å². The van der Waals surface area contributed by atoms with Gasteiger partial charge in [-0.05, 0) is 24.3 Å². The Balaban J connectivity index is 1.45. The number of hydrogen-bond donors (Lipinski definition) is 0. The lowest BCUT2D eigenvalue weighted by Gasteiger charge is -2.04. The number of fused-ring (bicyclic) bond motifs is 1. The summed E-state index contributed by atoms with van der Waals surface area (Å²) >= 11 is 0. The molecule has 0 aliphatic carbocycles. The zero-order chi connectivity index (χ0) is 17.1. The molecule has 0 unspecified atom stereocenters. The van der Waals surface area contributed by atoms with Crippen LogP contribution in [0.1, 0.15) is 16.1 Å². The maximum atomic E-state index is 12.2. The highest BCUT2D eigenvalue weighted by Crippen LogP contribution is 2.13. The lowest BCUT2D eigenvalue weighted by atomic mass is 10.2. The zero-order valence-corrected chi connectivity index (χ0v) is 13.4. The minimum Gasteiger partial charge on any atom is -0.456 e. The first kappa shape index (κ1) is 15.1. The molecule has 0 saturated heterocycles. The third-order valence-corrected chi connectivity index (χ3v) is 3.83. The molecule has 0 N–H and O–H groups in total. The molecular weight excluding hydrogens is 314 g/mol. The van der Waals surface area contributed by atoms with Crippen molar-refractivity contribution in [3.63, 3.8) is 0 Å². The molecule has 0 saturated carbocycles. The molecule has 2 aromatic carbocycles. The van der Waals surface area contributed by atoms with E-state index in [0.29, 0.717) is 5.69 Å².